The number of H-pyrrole nitrogens is 1. The van der Waals surface area contributed by atoms with Crippen LogP contribution in [0.5, 0.6) is 0 Å². The van der Waals surface area contributed by atoms with Gasteiger partial charge in [0.05, 0.1) is 11.7 Å². The number of rotatable bonds is 1. The predicted octanol–water partition coefficient (Wildman–Crippen LogP) is 1.40. The fourth-order valence-electron chi connectivity index (χ4n) is 1.78. The van der Waals surface area contributed by atoms with Gasteiger partial charge in [0.2, 0.25) is 0 Å². The van der Waals surface area contributed by atoms with Crippen LogP contribution in [0.4, 0.5) is 5.82 Å². The van der Waals surface area contributed by atoms with Crippen molar-refractivity contribution in [3.63, 3.8) is 0 Å². The van der Waals surface area contributed by atoms with Gasteiger partial charge in [-0.25, -0.2) is 5.84 Å². The second-order valence-electron chi connectivity index (χ2n) is 3.30. The molecule has 2 aromatic heterocycles. The Morgan fingerprint density at radius 3 is 2.93 bits per heavy atom. The first-order valence-corrected chi connectivity index (χ1v) is 4.59. The lowest BCUT2D eigenvalue weighted by Gasteiger charge is -1.97. The second kappa shape index (κ2) is 2.93. The van der Waals surface area contributed by atoms with Crippen molar-refractivity contribution in [1.29, 1.82) is 0 Å². The Morgan fingerprint density at radius 1 is 1.20 bits per heavy atom. The zero-order valence-electron chi connectivity index (χ0n) is 7.86. The van der Waals surface area contributed by atoms with E-state index in [1.807, 2.05) is 24.3 Å². The van der Waals surface area contributed by atoms with E-state index in [0.717, 1.165) is 21.8 Å². The number of aromatic nitrogens is 3. The number of anilines is 1. The third kappa shape index (κ3) is 1.07. The highest BCUT2D eigenvalue weighted by Gasteiger charge is 2.07. The Balaban J connectivity index is 2.53. The molecule has 4 N–H and O–H groups in total. The summed E-state index contributed by atoms with van der Waals surface area (Å²) >= 11 is 0. The van der Waals surface area contributed by atoms with Gasteiger partial charge in [-0.3, -0.25) is 0 Å². The van der Waals surface area contributed by atoms with Crippen LogP contribution in [0.2, 0.25) is 0 Å². The van der Waals surface area contributed by atoms with E-state index in [9.17, 15) is 0 Å². The number of aromatic amines is 1. The topological polar surface area (TPSA) is 79.6 Å². The number of hydrazine groups is 1. The first kappa shape index (κ1) is 8.19. The quantitative estimate of drug-likeness (QED) is 0.409. The monoisotopic (exact) mass is 199 g/mol. The van der Waals surface area contributed by atoms with Crippen molar-refractivity contribution in [2.75, 3.05) is 5.43 Å². The molecule has 0 bridgehead atoms. The molecule has 3 rings (SSSR count). The van der Waals surface area contributed by atoms with Gasteiger partial charge in [0.15, 0.2) is 5.82 Å². The summed E-state index contributed by atoms with van der Waals surface area (Å²) in [6.45, 7) is 0. The average molecular weight is 199 g/mol. The molecule has 1 aromatic carbocycles. The number of nitrogens with two attached hydrogens (primary N) is 1. The summed E-state index contributed by atoms with van der Waals surface area (Å²) in [4.78, 5) is 3.25. The van der Waals surface area contributed by atoms with Gasteiger partial charge in [0, 0.05) is 16.3 Å². The highest BCUT2D eigenvalue weighted by Crippen LogP contribution is 2.27. The minimum Gasteiger partial charge on any atom is -0.351 e. The molecule has 0 saturated heterocycles. The molecule has 0 fully saturated rings. The molecule has 0 aliphatic heterocycles. The van der Waals surface area contributed by atoms with Crippen LogP contribution in [0.15, 0.2) is 30.5 Å². The normalized spacial score (nSPS) is 11.0. The zero-order chi connectivity index (χ0) is 10.3. The number of nitrogens with one attached hydrogen (secondary N) is 2. The molecule has 0 radical (unpaired) electrons. The highest BCUT2D eigenvalue weighted by atomic mass is 15.3. The number of hydrogen-bond donors (Lipinski definition) is 3. The van der Waals surface area contributed by atoms with Crippen LogP contribution in [0, 0.1) is 0 Å². The van der Waals surface area contributed by atoms with E-state index in [-0.39, 0.29) is 0 Å². The van der Waals surface area contributed by atoms with Crippen LogP contribution in [0.3, 0.4) is 0 Å². The number of benzene rings is 1. The number of fused-ring (bicyclic) bond motifs is 3. The van der Waals surface area contributed by atoms with Crippen molar-refractivity contribution in [2.45, 2.75) is 0 Å². The lowest BCUT2D eigenvalue weighted by molar-refractivity contribution is 1.04. The van der Waals surface area contributed by atoms with Gasteiger partial charge in [-0.2, -0.15) is 5.10 Å². The zero-order valence-corrected chi connectivity index (χ0v) is 7.86. The lowest BCUT2D eigenvalue weighted by Crippen LogP contribution is -2.09. The summed E-state index contributed by atoms with van der Waals surface area (Å²) in [6, 6.07) is 8.02. The van der Waals surface area contributed by atoms with Crippen molar-refractivity contribution in [3.05, 3.63) is 30.5 Å². The number of para-hydroxylation sites is 1. The Kier molecular flexibility index (Phi) is 1.60. The van der Waals surface area contributed by atoms with Crippen molar-refractivity contribution >= 4 is 27.6 Å². The minimum atomic E-state index is 0.559. The van der Waals surface area contributed by atoms with E-state index in [2.05, 4.69) is 20.6 Å². The van der Waals surface area contributed by atoms with E-state index >= 15 is 0 Å². The average Bonchev–Trinajstić information content (AvgIpc) is 2.67. The summed E-state index contributed by atoms with van der Waals surface area (Å²) in [5.74, 6) is 5.92. The lowest BCUT2D eigenvalue weighted by atomic mass is 10.2. The van der Waals surface area contributed by atoms with E-state index in [4.69, 9.17) is 5.84 Å². The van der Waals surface area contributed by atoms with Gasteiger partial charge >= 0.3 is 0 Å². The fraction of sp³-hybridized carbons (Fsp3) is 0. The number of nitrogen functional groups attached to an aromatic ring is 1. The van der Waals surface area contributed by atoms with Crippen LogP contribution in [0.25, 0.3) is 21.8 Å². The van der Waals surface area contributed by atoms with Crippen molar-refractivity contribution < 1.29 is 0 Å². The molecule has 74 valence electrons. The maximum absolute atomic E-state index is 5.37. The first-order valence-electron chi connectivity index (χ1n) is 4.59. The van der Waals surface area contributed by atoms with Gasteiger partial charge in [-0.1, -0.05) is 18.2 Å². The van der Waals surface area contributed by atoms with Gasteiger partial charge in [0.25, 0.3) is 0 Å². The minimum absolute atomic E-state index is 0.559. The Bertz CT molecular complexity index is 628. The van der Waals surface area contributed by atoms with Gasteiger partial charge in [-0.15, -0.1) is 5.10 Å². The first-order chi connectivity index (χ1) is 7.40. The van der Waals surface area contributed by atoms with Crippen LogP contribution < -0.4 is 11.3 Å². The molecule has 5 heteroatoms. The number of hydrogen-bond acceptors (Lipinski definition) is 4. The predicted molar refractivity (Wildman–Crippen MR) is 59.2 cm³/mol. The maximum Gasteiger partial charge on any atom is 0.187 e. The molecule has 15 heavy (non-hydrogen) atoms. The smallest absolute Gasteiger partial charge is 0.187 e. The van der Waals surface area contributed by atoms with E-state index in [1.165, 1.54) is 0 Å². The molecular formula is C10H9N5. The largest absolute Gasteiger partial charge is 0.351 e. The molecule has 0 atom stereocenters. The van der Waals surface area contributed by atoms with E-state index < -0.39 is 0 Å². The van der Waals surface area contributed by atoms with Crippen LogP contribution >= 0.6 is 0 Å². The van der Waals surface area contributed by atoms with Crippen molar-refractivity contribution in [1.82, 2.24) is 15.2 Å². The van der Waals surface area contributed by atoms with E-state index in [1.54, 1.807) is 6.20 Å². The summed E-state index contributed by atoms with van der Waals surface area (Å²) in [5, 5.41) is 9.94. The molecule has 0 aliphatic carbocycles. The molecular weight excluding hydrogens is 190 g/mol. The standard InChI is InChI=1S/C10H9N5/c11-14-10-9-7(5-12-15-10)6-3-1-2-4-8(6)13-9/h1-5,13H,11H2,(H,14,15). The highest BCUT2D eigenvalue weighted by molar-refractivity contribution is 6.09. The molecule has 2 heterocycles. The molecule has 0 saturated carbocycles. The summed E-state index contributed by atoms with van der Waals surface area (Å²) in [7, 11) is 0. The molecule has 5 nitrogen and oxygen atoms in total. The molecule has 0 spiro atoms. The van der Waals surface area contributed by atoms with Crippen molar-refractivity contribution in [3.8, 4) is 0 Å². The summed E-state index contributed by atoms with van der Waals surface area (Å²) in [5.41, 5.74) is 4.46. The van der Waals surface area contributed by atoms with Gasteiger partial charge in [0.1, 0.15) is 0 Å². The van der Waals surface area contributed by atoms with Gasteiger partial charge in [-0.05, 0) is 6.07 Å². The SMILES string of the molecule is NNc1nncc2c1[nH]c1ccccc12. The fourth-order valence-corrected chi connectivity index (χ4v) is 1.78. The Morgan fingerprint density at radius 2 is 2.07 bits per heavy atom. The molecule has 0 aliphatic rings. The second-order valence-corrected chi connectivity index (χ2v) is 3.30. The number of nitrogens with zero attached hydrogens (tertiary/aromatic N) is 2. The third-order valence-electron chi connectivity index (χ3n) is 2.46. The van der Waals surface area contributed by atoms with Gasteiger partial charge < -0.3 is 10.4 Å². The van der Waals surface area contributed by atoms with Crippen LogP contribution in [0.1, 0.15) is 0 Å². The Hall–Kier alpha value is -2.14. The summed E-state index contributed by atoms with van der Waals surface area (Å²) < 4.78 is 0. The van der Waals surface area contributed by atoms with E-state index in [0.29, 0.717) is 5.82 Å². The molecule has 0 unspecified atom stereocenters. The molecule has 0 amide bonds. The molecule has 3 aromatic rings. The van der Waals surface area contributed by atoms with Crippen LogP contribution in [-0.4, -0.2) is 15.2 Å². The van der Waals surface area contributed by atoms with Crippen LogP contribution in [-0.2, 0) is 0 Å². The third-order valence-corrected chi connectivity index (χ3v) is 2.46. The Labute approximate surface area is 85.3 Å². The maximum atomic E-state index is 5.37. The van der Waals surface area contributed by atoms with Crippen molar-refractivity contribution in [2.24, 2.45) is 5.84 Å². The summed E-state index contributed by atoms with van der Waals surface area (Å²) in [6.07, 6.45) is 1.73.